The number of aryl methyl sites for hydroxylation is 1. The fraction of sp³-hybridized carbons (Fsp3) is 0.267. The van der Waals surface area contributed by atoms with Crippen LogP contribution in [0.2, 0.25) is 0 Å². The van der Waals surface area contributed by atoms with Crippen LogP contribution in [-0.2, 0) is 6.42 Å². The quantitative estimate of drug-likeness (QED) is 0.589. The van der Waals surface area contributed by atoms with Crippen molar-refractivity contribution in [1.82, 2.24) is 9.97 Å². The summed E-state index contributed by atoms with van der Waals surface area (Å²) in [5.74, 6) is 0.520. The molecule has 0 aliphatic rings. The van der Waals surface area contributed by atoms with E-state index in [2.05, 4.69) is 9.97 Å². The Kier molecular flexibility index (Phi) is 4.61. The van der Waals surface area contributed by atoms with Gasteiger partial charge in [-0.05, 0) is 43.5 Å². The third kappa shape index (κ3) is 4.17. The van der Waals surface area contributed by atoms with Gasteiger partial charge >= 0.3 is 0 Å². The van der Waals surface area contributed by atoms with Gasteiger partial charge < -0.3 is 4.74 Å². The second kappa shape index (κ2) is 6.64. The van der Waals surface area contributed by atoms with Crippen LogP contribution in [0.15, 0.2) is 42.9 Å². The number of pyridine rings is 2. The van der Waals surface area contributed by atoms with Crippen LogP contribution in [0.1, 0.15) is 29.3 Å². The van der Waals surface area contributed by atoms with E-state index in [4.69, 9.17) is 4.74 Å². The molecule has 0 aliphatic carbocycles. The van der Waals surface area contributed by atoms with E-state index in [0.29, 0.717) is 18.1 Å². The Morgan fingerprint density at radius 3 is 2.74 bits per heavy atom. The molecule has 2 aromatic heterocycles. The highest BCUT2D eigenvalue weighted by Crippen LogP contribution is 2.10. The fourth-order valence-corrected chi connectivity index (χ4v) is 1.71. The molecule has 2 heterocycles. The average molecular weight is 256 g/mol. The third-order valence-corrected chi connectivity index (χ3v) is 2.75. The Hall–Kier alpha value is -2.23. The van der Waals surface area contributed by atoms with Gasteiger partial charge in [0.15, 0.2) is 5.78 Å². The van der Waals surface area contributed by atoms with Crippen LogP contribution in [-0.4, -0.2) is 22.4 Å². The second-order valence-corrected chi connectivity index (χ2v) is 4.25. The zero-order valence-electron chi connectivity index (χ0n) is 10.9. The van der Waals surface area contributed by atoms with Crippen LogP contribution in [0, 0.1) is 0 Å². The molecular weight excluding hydrogens is 240 g/mol. The van der Waals surface area contributed by atoms with Crippen molar-refractivity contribution in [2.24, 2.45) is 0 Å². The van der Waals surface area contributed by atoms with Crippen molar-refractivity contribution in [3.8, 4) is 5.88 Å². The SMILES string of the molecule is CC(=O)c1ccnc(OCCCc2ccncc2)c1. The Labute approximate surface area is 112 Å². The predicted octanol–water partition coefficient (Wildman–Crippen LogP) is 2.69. The Balaban J connectivity index is 1.80. The maximum atomic E-state index is 11.2. The van der Waals surface area contributed by atoms with Gasteiger partial charge in [0.05, 0.1) is 6.61 Å². The molecule has 0 aromatic carbocycles. The largest absolute Gasteiger partial charge is 0.478 e. The lowest BCUT2D eigenvalue weighted by atomic mass is 10.1. The number of hydrogen-bond acceptors (Lipinski definition) is 4. The van der Waals surface area contributed by atoms with Gasteiger partial charge in [0.25, 0.3) is 0 Å². The van der Waals surface area contributed by atoms with Gasteiger partial charge in [-0.1, -0.05) is 0 Å². The number of carbonyl (C=O) groups is 1. The minimum Gasteiger partial charge on any atom is -0.478 e. The Bertz CT molecular complexity index is 541. The van der Waals surface area contributed by atoms with Crippen molar-refractivity contribution in [3.63, 3.8) is 0 Å². The maximum Gasteiger partial charge on any atom is 0.213 e. The summed E-state index contributed by atoms with van der Waals surface area (Å²) < 4.78 is 5.54. The van der Waals surface area contributed by atoms with Crippen molar-refractivity contribution in [3.05, 3.63) is 54.0 Å². The number of Topliss-reactive ketones (excluding diaryl/α,β-unsaturated/α-hetero) is 1. The first-order valence-corrected chi connectivity index (χ1v) is 6.24. The molecule has 0 saturated carbocycles. The number of aromatic nitrogens is 2. The first-order chi connectivity index (χ1) is 9.25. The van der Waals surface area contributed by atoms with Crippen molar-refractivity contribution >= 4 is 5.78 Å². The third-order valence-electron chi connectivity index (χ3n) is 2.75. The molecule has 4 nitrogen and oxygen atoms in total. The highest BCUT2D eigenvalue weighted by Gasteiger charge is 2.02. The molecule has 0 saturated heterocycles. The fourth-order valence-electron chi connectivity index (χ4n) is 1.71. The molecule has 0 spiro atoms. The first kappa shape index (κ1) is 13.2. The molecule has 2 aromatic rings. The number of ether oxygens (including phenoxy) is 1. The highest BCUT2D eigenvalue weighted by atomic mass is 16.5. The van der Waals surface area contributed by atoms with E-state index in [9.17, 15) is 4.79 Å². The smallest absolute Gasteiger partial charge is 0.213 e. The molecule has 0 bridgehead atoms. The van der Waals surface area contributed by atoms with Gasteiger partial charge in [-0.15, -0.1) is 0 Å². The summed E-state index contributed by atoms with van der Waals surface area (Å²) in [5, 5.41) is 0. The summed E-state index contributed by atoms with van der Waals surface area (Å²) in [6, 6.07) is 7.35. The average Bonchev–Trinajstić information content (AvgIpc) is 2.45. The molecule has 0 N–H and O–H groups in total. The Morgan fingerprint density at radius 1 is 1.21 bits per heavy atom. The number of carbonyl (C=O) groups excluding carboxylic acids is 1. The van der Waals surface area contributed by atoms with Gasteiger partial charge in [0.2, 0.25) is 5.88 Å². The van der Waals surface area contributed by atoms with Gasteiger partial charge in [-0.2, -0.15) is 0 Å². The molecule has 0 amide bonds. The van der Waals surface area contributed by atoms with Crippen LogP contribution in [0.3, 0.4) is 0 Å². The molecule has 0 radical (unpaired) electrons. The van der Waals surface area contributed by atoms with Crippen molar-refractivity contribution in [2.75, 3.05) is 6.61 Å². The van der Waals surface area contributed by atoms with Crippen LogP contribution >= 0.6 is 0 Å². The zero-order valence-corrected chi connectivity index (χ0v) is 10.9. The number of ketones is 1. The van der Waals surface area contributed by atoms with E-state index in [1.165, 1.54) is 12.5 Å². The lowest BCUT2D eigenvalue weighted by Gasteiger charge is -2.06. The summed E-state index contributed by atoms with van der Waals surface area (Å²) in [6.45, 7) is 2.11. The van der Waals surface area contributed by atoms with Crippen molar-refractivity contribution in [2.45, 2.75) is 19.8 Å². The summed E-state index contributed by atoms with van der Waals surface area (Å²) in [7, 11) is 0. The minimum absolute atomic E-state index is 0.0176. The molecular formula is C15H16N2O2. The topological polar surface area (TPSA) is 52.1 Å². The lowest BCUT2D eigenvalue weighted by molar-refractivity contribution is 0.101. The van der Waals surface area contributed by atoms with Crippen molar-refractivity contribution < 1.29 is 9.53 Å². The number of hydrogen-bond donors (Lipinski definition) is 0. The molecule has 0 aliphatic heterocycles. The predicted molar refractivity (Wildman–Crippen MR) is 72.3 cm³/mol. The zero-order chi connectivity index (χ0) is 13.5. The van der Waals surface area contributed by atoms with E-state index < -0.39 is 0 Å². The van der Waals surface area contributed by atoms with E-state index >= 15 is 0 Å². The van der Waals surface area contributed by atoms with Crippen LogP contribution in [0.25, 0.3) is 0 Å². The van der Waals surface area contributed by atoms with Gasteiger partial charge in [0.1, 0.15) is 0 Å². The molecule has 0 unspecified atom stereocenters. The van der Waals surface area contributed by atoms with Gasteiger partial charge in [0, 0.05) is 30.2 Å². The first-order valence-electron chi connectivity index (χ1n) is 6.24. The summed E-state index contributed by atoms with van der Waals surface area (Å²) >= 11 is 0. The van der Waals surface area contributed by atoms with Crippen LogP contribution in [0.4, 0.5) is 0 Å². The molecule has 0 fully saturated rings. The Morgan fingerprint density at radius 2 is 2.00 bits per heavy atom. The maximum absolute atomic E-state index is 11.2. The second-order valence-electron chi connectivity index (χ2n) is 4.25. The normalized spacial score (nSPS) is 10.2. The standard InChI is InChI=1S/C15H16N2O2/c1-12(18)14-6-9-17-15(11-14)19-10-2-3-13-4-7-16-8-5-13/h4-9,11H,2-3,10H2,1H3. The lowest BCUT2D eigenvalue weighted by Crippen LogP contribution is -2.02. The van der Waals surface area contributed by atoms with Crippen LogP contribution < -0.4 is 4.74 Å². The number of rotatable bonds is 6. The van der Waals surface area contributed by atoms with E-state index in [0.717, 1.165) is 12.8 Å². The summed E-state index contributed by atoms with van der Waals surface area (Å²) in [6.07, 6.45) is 7.00. The minimum atomic E-state index is 0.0176. The molecule has 98 valence electrons. The summed E-state index contributed by atoms with van der Waals surface area (Å²) in [4.78, 5) is 19.3. The van der Waals surface area contributed by atoms with Gasteiger partial charge in [-0.25, -0.2) is 4.98 Å². The van der Waals surface area contributed by atoms with E-state index in [-0.39, 0.29) is 5.78 Å². The monoisotopic (exact) mass is 256 g/mol. The molecule has 4 heteroatoms. The van der Waals surface area contributed by atoms with Gasteiger partial charge in [-0.3, -0.25) is 9.78 Å². The van der Waals surface area contributed by atoms with E-state index in [1.807, 2.05) is 12.1 Å². The summed E-state index contributed by atoms with van der Waals surface area (Å²) in [5.41, 5.74) is 1.86. The molecule has 0 atom stereocenters. The highest BCUT2D eigenvalue weighted by molar-refractivity contribution is 5.94. The molecule has 2 rings (SSSR count). The van der Waals surface area contributed by atoms with E-state index in [1.54, 1.807) is 30.7 Å². The molecule has 19 heavy (non-hydrogen) atoms. The van der Waals surface area contributed by atoms with Crippen LogP contribution in [0.5, 0.6) is 5.88 Å². The van der Waals surface area contributed by atoms with Crippen molar-refractivity contribution in [1.29, 1.82) is 0 Å². The number of nitrogens with zero attached hydrogens (tertiary/aromatic N) is 2.